The molecule has 3 fully saturated rings. The van der Waals surface area contributed by atoms with Crippen LogP contribution in [0, 0.1) is 5.92 Å². The maximum Gasteiger partial charge on any atom is 0.108 e. The van der Waals surface area contributed by atoms with Gasteiger partial charge in [0.25, 0.3) is 0 Å². The van der Waals surface area contributed by atoms with E-state index in [1.54, 1.807) is 0 Å². The molecule has 3 rings (SSSR count). The molecule has 2 aliphatic heterocycles. The Morgan fingerprint density at radius 2 is 1.69 bits per heavy atom. The number of epoxide rings is 1. The molecule has 0 aromatic carbocycles. The monoisotopic (exact) mass is 182 g/mol. The Labute approximate surface area is 79.6 Å². The predicted molar refractivity (Wildman–Crippen MR) is 49.6 cm³/mol. The van der Waals surface area contributed by atoms with Crippen molar-refractivity contribution in [3.05, 3.63) is 0 Å². The van der Waals surface area contributed by atoms with E-state index in [1.165, 1.54) is 38.5 Å². The Bertz CT molecular complexity index is 187. The molecule has 2 nitrogen and oxygen atoms in total. The van der Waals surface area contributed by atoms with Crippen LogP contribution in [0.3, 0.4) is 0 Å². The summed E-state index contributed by atoms with van der Waals surface area (Å²) in [5.41, 5.74) is 0. The van der Waals surface area contributed by atoms with Crippen LogP contribution in [0.25, 0.3) is 0 Å². The smallest absolute Gasteiger partial charge is 0.108 e. The van der Waals surface area contributed by atoms with Crippen molar-refractivity contribution in [2.75, 3.05) is 6.61 Å². The Kier molecular flexibility index (Phi) is 2.06. The highest BCUT2D eigenvalue weighted by molar-refractivity contribution is 4.93. The van der Waals surface area contributed by atoms with Gasteiger partial charge in [-0.3, -0.25) is 0 Å². The highest BCUT2D eigenvalue weighted by atomic mass is 16.6. The highest BCUT2D eigenvalue weighted by Crippen LogP contribution is 2.38. The first-order chi connectivity index (χ1) is 6.43. The van der Waals surface area contributed by atoms with Gasteiger partial charge in [0.05, 0.1) is 18.8 Å². The molecule has 0 radical (unpaired) electrons. The van der Waals surface area contributed by atoms with Crippen molar-refractivity contribution in [1.82, 2.24) is 0 Å². The van der Waals surface area contributed by atoms with E-state index >= 15 is 0 Å². The second-order valence-electron chi connectivity index (χ2n) is 4.72. The van der Waals surface area contributed by atoms with Crippen LogP contribution in [0.4, 0.5) is 0 Å². The molecule has 2 saturated heterocycles. The normalized spacial score (nSPS) is 45.7. The number of fused-ring (bicyclic) bond motifs is 1. The quantitative estimate of drug-likeness (QED) is 0.579. The summed E-state index contributed by atoms with van der Waals surface area (Å²) in [5.74, 6) is 0.846. The first-order valence-corrected chi connectivity index (χ1v) is 5.70. The summed E-state index contributed by atoms with van der Waals surface area (Å²) in [6.45, 7) is 0.867. The third-order valence-corrected chi connectivity index (χ3v) is 3.80. The molecule has 13 heavy (non-hydrogen) atoms. The van der Waals surface area contributed by atoms with Crippen molar-refractivity contribution < 1.29 is 9.47 Å². The van der Waals surface area contributed by atoms with Crippen LogP contribution in [0.15, 0.2) is 0 Å². The predicted octanol–water partition coefficient (Wildman–Crippen LogP) is 2.12. The fourth-order valence-electron chi connectivity index (χ4n) is 2.88. The molecule has 2 heterocycles. The van der Waals surface area contributed by atoms with E-state index in [1.807, 2.05) is 0 Å². The lowest BCUT2D eigenvalue weighted by Crippen LogP contribution is -2.32. The van der Waals surface area contributed by atoms with Crippen LogP contribution >= 0.6 is 0 Å². The fraction of sp³-hybridized carbons (Fsp3) is 1.00. The van der Waals surface area contributed by atoms with Crippen LogP contribution in [0.2, 0.25) is 0 Å². The second-order valence-corrected chi connectivity index (χ2v) is 4.72. The molecule has 1 aliphatic carbocycles. The van der Waals surface area contributed by atoms with Crippen LogP contribution in [-0.2, 0) is 9.47 Å². The number of ether oxygens (including phenoxy) is 2. The van der Waals surface area contributed by atoms with E-state index in [9.17, 15) is 0 Å². The summed E-state index contributed by atoms with van der Waals surface area (Å²) >= 11 is 0. The highest BCUT2D eigenvalue weighted by Gasteiger charge is 2.46. The third-order valence-electron chi connectivity index (χ3n) is 3.80. The van der Waals surface area contributed by atoms with Gasteiger partial charge < -0.3 is 9.47 Å². The van der Waals surface area contributed by atoms with E-state index in [2.05, 4.69) is 0 Å². The molecule has 2 heteroatoms. The van der Waals surface area contributed by atoms with Gasteiger partial charge in [0.2, 0.25) is 0 Å². The molecule has 1 saturated carbocycles. The SMILES string of the molecule is C1CCC([C@@H]2C[C@H]3O[C@H]3CO2)CC1. The number of hydrogen-bond acceptors (Lipinski definition) is 2. The van der Waals surface area contributed by atoms with Crippen molar-refractivity contribution in [2.45, 2.75) is 56.8 Å². The maximum absolute atomic E-state index is 5.85. The maximum atomic E-state index is 5.85. The van der Waals surface area contributed by atoms with Crippen molar-refractivity contribution in [2.24, 2.45) is 5.92 Å². The number of hydrogen-bond donors (Lipinski definition) is 0. The lowest BCUT2D eigenvalue weighted by atomic mass is 9.83. The van der Waals surface area contributed by atoms with Gasteiger partial charge in [-0.15, -0.1) is 0 Å². The van der Waals surface area contributed by atoms with E-state index in [-0.39, 0.29) is 0 Å². The molecular formula is C11H18O2. The molecule has 0 aromatic rings. The Balaban J connectivity index is 1.57. The van der Waals surface area contributed by atoms with Gasteiger partial charge in [0, 0.05) is 6.42 Å². The summed E-state index contributed by atoms with van der Waals surface area (Å²) in [4.78, 5) is 0. The van der Waals surface area contributed by atoms with Crippen LogP contribution in [0.1, 0.15) is 38.5 Å². The standard InChI is InChI=1S/C11H18O2/c1-2-4-8(5-3-1)9-6-10-11(13-10)7-12-9/h8-11H,1-7H2/t9-,10+,11-/m0/s1. The second kappa shape index (κ2) is 3.25. The summed E-state index contributed by atoms with van der Waals surface area (Å²) in [6, 6.07) is 0. The van der Waals surface area contributed by atoms with E-state index in [0.29, 0.717) is 18.3 Å². The summed E-state index contributed by atoms with van der Waals surface area (Å²) in [6.07, 6.45) is 9.80. The topological polar surface area (TPSA) is 21.8 Å². The molecule has 0 spiro atoms. The van der Waals surface area contributed by atoms with Gasteiger partial charge in [0.15, 0.2) is 0 Å². The minimum atomic E-state index is 0.472. The third kappa shape index (κ3) is 1.62. The van der Waals surface area contributed by atoms with E-state index in [0.717, 1.165) is 12.5 Å². The van der Waals surface area contributed by atoms with E-state index < -0.39 is 0 Å². The molecule has 0 bridgehead atoms. The first-order valence-electron chi connectivity index (χ1n) is 5.70. The molecule has 0 unspecified atom stereocenters. The zero-order chi connectivity index (χ0) is 8.67. The zero-order valence-corrected chi connectivity index (χ0v) is 8.08. The Morgan fingerprint density at radius 3 is 2.46 bits per heavy atom. The fourth-order valence-corrected chi connectivity index (χ4v) is 2.88. The Morgan fingerprint density at radius 1 is 0.846 bits per heavy atom. The molecular weight excluding hydrogens is 164 g/mol. The summed E-state index contributed by atoms with van der Waals surface area (Å²) < 4.78 is 11.3. The molecule has 0 amide bonds. The lowest BCUT2D eigenvalue weighted by molar-refractivity contribution is -0.0187. The zero-order valence-electron chi connectivity index (χ0n) is 8.08. The molecule has 3 aliphatic rings. The van der Waals surface area contributed by atoms with Gasteiger partial charge in [0.1, 0.15) is 6.10 Å². The van der Waals surface area contributed by atoms with Gasteiger partial charge >= 0.3 is 0 Å². The molecule has 0 N–H and O–H groups in total. The van der Waals surface area contributed by atoms with Crippen LogP contribution in [-0.4, -0.2) is 24.9 Å². The van der Waals surface area contributed by atoms with Gasteiger partial charge in [-0.2, -0.15) is 0 Å². The van der Waals surface area contributed by atoms with Crippen molar-refractivity contribution in [3.63, 3.8) is 0 Å². The van der Waals surface area contributed by atoms with Crippen LogP contribution < -0.4 is 0 Å². The summed E-state index contributed by atoms with van der Waals surface area (Å²) in [5, 5.41) is 0. The summed E-state index contributed by atoms with van der Waals surface area (Å²) in [7, 11) is 0. The Hall–Kier alpha value is -0.0800. The largest absolute Gasteiger partial charge is 0.375 e. The van der Waals surface area contributed by atoms with Crippen molar-refractivity contribution >= 4 is 0 Å². The number of rotatable bonds is 1. The molecule has 0 aromatic heterocycles. The van der Waals surface area contributed by atoms with Gasteiger partial charge in [-0.05, 0) is 18.8 Å². The lowest BCUT2D eigenvalue weighted by Gasteiger charge is -2.31. The van der Waals surface area contributed by atoms with Crippen molar-refractivity contribution in [1.29, 1.82) is 0 Å². The minimum Gasteiger partial charge on any atom is -0.375 e. The van der Waals surface area contributed by atoms with Gasteiger partial charge in [-0.1, -0.05) is 19.3 Å². The van der Waals surface area contributed by atoms with Gasteiger partial charge in [-0.25, -0.2) is 0 Å². The minimum absolute atomic E-state index is 0.472. The average Bonchev–Trinajstić information content (AvgIpc) is 2.96. The first kappa shape index (κ1) is 8.25. The molecule has 3 atom stereocenters. The average molecular weight is 182 g/mol. The van der Waals surface area contributed by atoms with E-state index in [4.69, 9.17) is 9.47 Å². The van der Waals surface area contributed by atoms with Crippen molar-refractivity contribution in [3.8, 4) is 0 Å². The van der Waals surface area contributed by atoms with Crippen LogP contribution in [0.5, 0.6) is 0 Å². The molecule has 74 valence electrons.